The van der Waals surface area contributed by atoms with Crippen molar-refractivity contribution in [3.05, 3.63) is 46.8 Å². The van der Waals surface area contributed by atoms with Crippen LogP contribution in [0.4, 0.5) is 26.3 Å². The zero-order valence-corrected chi connectivity index (χ0v) is 14.9. The lowest BCUT2D eigenvalue weighted by molar-refractivity contribution is -0.148. The molecule has 0 saturated carbocycles. The molecule has 1 amide bonds. The molecule has 1 aromatic heterocycles. The van der Waals surface area contributed by atoms with Crippen LogP contribution in [0.1, 0.15) is 29.6 Å². The molecular weight excluding hydrogens is 422 g/mol. The van der Waals surface area contributed by atoms with Crippen LogP contribution in [-0.4, -0.2) is 44.2 Å². The summed E-state index contributed by atoms with van der Waals surface area (Å²) < 4.78 is 79.6. The lowest BCUT2D eigenvalue weighted by Gasteiger charge is -2.28. The normalized spacial score (nSPS) is 14.9. The minimum Gasteiger partial charge on any atom is -0.333 e. The second-order valence-corrected chi connectivity index (χ2v) is 6.45. The third kappa shape index (κ3) is 4.04. The van der Waals surface area contributed by atoms with E-state index in [2.05, 4.69) is 10.2 Å². The maximum absolute atomic E-state index is 13.9. The molecule has 1 aromatic carbocycles. The molecule has 160 valence electrons. The highest BCUT2D eigenvalue weighted by atomic mass is 19.4. The van der Waals surface area contributed by atoms with Crippen LogP contribution in [0.25, 0.3) is 0 Å². The quantitative estimate of drug-likeness (QED) is 0.311. The average molecular weight is 434 g/mol. The number of fused-ring (bicyclic) bond motifs is 1. The first kappa shape index (κ1) is 21.5. The number of benzene rings is 1. The van der Waals surface area contributed by atoms with Gasteiger partial charge in [0, 0.05) is 24.7 Å². The molecular formula is C17H12F6N4O3. The SMILES string of the molecule is O=CC(C(=O)CC(=O)N1CCn2c(nnc2C(F)(F)F)C1)c1cc(F)c(F)cc1F. The van der Waals surface area contributed by atoms with Gasteiger partial charge in [-0.05, 0) is 6.07 Å². The van der Waals surface area contributed by atoms with E-state index >= 15 is 0 Å². The number of hydrogen-bond acceptors (Lipinski definition) is 5. The molecule has 13 heteroatoms. The van der Waals surface area contributed by atoms with Crippen LogP contribution in [-0.2, 0) is 33.6 Å². The molecule has 0 aliphatic carbocycles. The van der Waals surface area contributed by atoms with Gasteiger partial charge in [0.15, 0.2) is 23.2 Å². The molecule has 0 saturated heterocycles. The first-order valence-electron chi connectivity index (χ1n) is 8.42. The van der Waals surface area contributed by atoms with Crippen molar-refractivity contribution in [1.82, 2.24) is 19.7 Å². The van der Waals surface area contributed by atoms with E-state index in [4.69, 9.17) is 0 Å². The van der Waals surface area contributed by atoms with Crippen LogP contribution in [0.2, 0.25) is 0 Å². The summed E-state index contributed by atoms with van der Waals surface area (Å²) in [5, 5.41) is 6.45. The molecule has 3 rings (SSSR count). The Bertz CT molecular complexity index is 1020. The summed E-state index contributed by atoms with van der Waals surface area (Å²) in [6, 6.07) is 0.528. The van der Waals surface area contributed by atoms with Gasteiger partial charge in [-0.15, -0.1) is 10.2 Å². The van der Waals surface area contributed by atoms with Crippen molar-refractivity contribution < 1.29 is 40.7 Å². The molecule has 0 fully saturated rings. The Hall–Kier alpha value is -3.25. The third-order valence-electron chi connectivity index (χ3n) is 4.54. The van der Waals surface area contributed by atoms with E-state index in [0.717, 1.165) is 9.47 Å². The summed E-state index contributed by atoms with van der Waals surface area (Å²) in [6.07, 6.45) is -5.63. The van der Waals surface area contributed by atoms with Gasteiger partial charge in [0.05, 0.1) is 13.0 Å². The van der Waals surface area contributed by atoms with Crippen LogP contribution < -0.4 is 0 Å². The molecule has 2 aromatic rings. The van der Waals surface area contributed by atoms with E-state index in [1.54, 1.807) is 0 Å². The average Bonchev–Trinajstić information content (AvgIpc) is 3.10. The fourth-order valence-electron chi connectivity index (χ4n) is 3.05. The van der Waals surface area contributed by atoms with Crippen molar-refractivity contribution in [3.8, 4) is 0 Å². The van der Waals surface area contributed by atoms with Crippen LogP contribution >= 0.6 is 0 Å². The summed E-state index contributed by atoms with van der Waals surface area (Å²) >= 11 is 0. The highest BCUT2D eigenvalue weighted by molar-refractivity contribution is 6.07. The van der Waals surface area contributed by atoms with Gasteiger partial charge in [-0.1, -0.05) is 0 Å². The van der Waals surface area contributed by atoms with Crippen LogP contribution in [0.15, 0.2) is 12.1 Å². The van der Waals surface area contributed by atoms with Crippen molar-refractivity contribution in [2.24, 2.45) is 0 Å². The molecule has 1 aliphatic heterocycles. The fourth-order valence-corrected chi connectivity index (χ4v) is 3.05. The van der Waals surface area contributed by atoms with Gasteiger partial charge in [-0.3, -0.25) is 9.59 Å². The van der Waals surface area contributed by atoms with E-state index in [-0.39, 0.29) is 37.8 Å². The predicted octanol–water partition coefficient (Wildman–Crippen LogP) is 2.00. The number of aromatic nitrogens is 3. The van der Waals surface area contributed by atoms with E-state index < -0.39 is 59.0 Å². The fraction of sp³-hybridized carbons (Fsp3) is 0.353. The maximum atomic E-state index is 13.9. The number of carbonyl (C=O) groups is 3. The number of nitrogens with zero attached hydrogens (tertiary/aromatic N) is 4. The molecule has 0 bridgehead atoms. The van der Waals surface area contributed by atoms with E-state index in [0.29, 0.717) is 6.07 Å². The van der Waals surface area contributed by atoms with Gasteiger partial charge in [0.25, 0.3) is 0 Å². The van der Waals surface area contributed by atoms with Gasteiger partial charge in [0.1, 0.15) is 18.0 Å². The zero-order chi connectivity index (χ0) is 22.2. The Balaban J connectivity index is 1.73. The molecule has 1 unspecified atom stereocenters. The zero-order valence-electron chi connectivity index (χ0n) is 14.9. The number of rotatable bonds is 5. The Labute approximate surface area is 164 Å². The molecule has 0 spiro atoms. The number of amides is 1. The number of alkyl halides is 3. The van der Waals surface area contributed by atoms with E-state index in [1.807, 2.05) is 0 Å². The Morgan fingerprint density at radius 2 is 1.73 bits per heavy atom. The molecule has 1 atom stereocenters. The van der Waals surface area contributed by atoms with Crippen molar-refractivity contribution in [1.29, 1.82) is 0 Å². The Kier molecular flexibility index (Phi) is 5.63. The van der Waals surface area contributed by atoms with E-state index in [9.17, 15) is 40.7 Å². The summed E-state index contributed by atoms with van der Waals surface area (Å²) in [5.41, 5.74) is -0.727. The minimum absolute atomic E-state index is 0.00614. The smallest absolute Gasteiger partial charge is 0.333 e. The maximum Gasteiger partial charge on any atom is 0.451 e. The second kappa shape index (κ2) is 7.88. The summed E-state index contributed by atoms with van der Waals surface area (Å²) in [7, 11) is 0. The predicted molar refractivity (Wildman–Crippen MR) is 85.2 cm³/mol. The molecule has 0 N–H and O–H groups in total. The highest BCUT2D eigenvalue weighted by Crippen LogP contribution is 2.29. The highest BCUT2D eigenvalue weighted by Gasteiger charge is 2.40. The first-order chi connectivity index (χ1) is 14.0. The van der Waals surface area contributed by atoms with Gasteiger partial charge >= 0.3 is 6.18 Å². The van der Waals surface area contributed by atoms with Crippen molar-refractivity contribution in [3.63, 3.8) is 0 Å². The van der Waals surface area contributed by atoms with Crippen LogP contribution in [0.5, 0.6) is 0 Å². The Morgan fingerprint density at radius 3 is 2.37 bits per heavy atom. The summed E-state index contributed by atoms with van der Waals surface area (Å²) in [4.78, 5) is 37.0. The number of carbonyl (C=O) groups excluding carboxylic acids is 3. The van der Waals surface area contributed by atoms with Crippen molar-refractivity contribution in [2.75, 3.05) is 6.54 Å². The molecule has 1 aliphatic rings. The van der Waals surface area contributed by atoms with Crippen molar-refractivity contribution >= 4 is 18.0 Å². The van der Waals surface area contributed by atoms with Gasteiger partial charge in [-0.25, -0.2) is 13.2 Å². The topological polar surface area (TPSA) is 85.2 Å². The lowest BCUT2D eigenvalue weighted by atomic mass is 9.93. The van der Waals surface area contributed by atoms with Crippen LogP contribution in [0.3, 0.4) is 0 Å². The van der Waals surface area contributed by atoms with Crippen LogP contribution in [0, 0.1) is 17.5 Å². The molecule has 2 heterocycles. The summed E-state index contributed by atoms with van der Waals surface area (Å²) in [6.45, 7) is -0.821. The lowest BCUT2D eigenvalue weighted by Crippen LogP contribution is -2.40. The number of Topliss-reactive ketones (excluding diaryl/α,β-unsaturated/α-hetero) is 1. The second-order valence-electron chi connectivity index (χ2n) is 6.45. The van der Waals surface area contributed by atoms with Crippen molar-refractivity contribution in [2.45, 2.75) is 31.6 Å². The number of aldehydes is 1. The van der Waals surface area contributed by atoms with Gasteiger partial charge < -0.3 is 14.3 Å². The monoisotopic (exact) mass is 434 g/mol. The first-order valence-corrected chi connectivity index (χ1v) is 8.42. The molecule has 30 heavy (non-hydrogen) atoms. The summed E-state index contributed by atoms with van der Waals surface area (Å²) in [5.74, 6) is -9.47. The van der Waals surface area contributed by atoms with Gasteiger partial charge in [0.2, 0.25) is 11.7 Å². The number of halogens is 6. The molecule has 7 nitrogen and oxygen atoms in total. The largest absolute Gasteiger partial charge is 0.451 e. The number of ketones is 1. The van der Waals surface area contributed by atoms with Gasteiger partial charge in [-0.2, -0.15) is 13.2 Å². The minimum atomic E-state index is -4.72. The standard InChI is InChI=1S/C17H12F6N4O3/c18-10-4-12(20)11(19)3-8(10)9(7-28)13(29)5-15(30)26-1-2-27-14(6-26)24-25-16(27)17(21,22)23/h3-4,7,9H,1-2,5-6H2. The van der Waals surface area contributed by atoms with E-state index in [1.165, 1.54) is 0 Å². The number of hydrogen-bond donors (Lipinski definition) is 0. The third-order valence-corrected chi connectivity index (χ3v) is 4.54. The molecule has 0 radical (unpaired) electrons. The Morgan fingerprint density at radius 1 is 1.07 bits per heavy atom.